The predicted octanol–water partition coefficient (Wildman–Crippen LogP) is 1.94. The summed E-state index contributed by atoms with van der Waals surface area (Å²) in [5, 5.41) is 0. The minimum Gasteiger partial charge on any atom is -0.463 e. The number of carbonyl (C=O) groups is 1. The van der Waals surface area contributed by atoms with Crippen LogP contribution in [0.4, 0.5) is 0 Å². The van der Waals surface area contributed by atoms with Gasteiger partial charge >= 0.3 is 5.97 Å². The van der Waals surface area contributed by atoms with Crippen LogP contribution in [0, 0.1) is 0 Å². The molecule has 270 valence electrons. The smallest absolute Gasteiger partial charge is 0.302 e. The van der Waals surface area contributed by atoms with E-state index in [1.807, 2.05) is 0 Å². The summed E-state index contributed by atoms with van der Waals surface area (Å²) in [6.45, 7) is 16.3. The number of ether oxygens (including phenoxy) is 13. The Morgan fingerprint density at radius 3 is 0.711 bits per heavy atom. The molecule has 0 rings (SSSR count). The fourth-order valence-corrected chi connectivity index (χ4v) is 3.22. The second kappa shape index (κ2) is 41.0. The monoisotopic (exact) mass is 658 g/mol. The Bertz CT molecular complexity index is 558. The third-order valence-electron chi connectivity index (χ3n) is 5.52. The van der Waals surface area contributed by atoms with Gasteiger partial charge in [-0.25, -0.2) is 0 Å². The van der Waals surface area contributed by atoms with Gasteiger partial charge in [0.05, 0.1) is 152 Å². The molecule has 0 saturated carbocycles. The molecule has 0 aromatic rings. The summed E-state index contributed by atoms with van der Waals surface area (Å²) in [6, 6.07) is 0. The van der Waals surface area contributed by atoms with Crippen LogP contribution in [0.25, 0.3) is 0 Å². The van der Waals surface area contributed by atoms with Crippen LogP contribution in [0.1, 0.15) is 33.1 Å². The van der Waals surface area contributed by atoms with Crippen molar-refractivity contribution in [2.75, 3.05) is 165 Å². The van der Waals surface area contributed by atoms with Gasteiger partial charge in [-0.3, -0.25) is 4.79 Å². The van der Waals surface area contributed by atoms with Gasteiger partial charge in [-0.1, -0.05) is 19.8 Å². The SMILES string of the molecule is CCCCCOCCOCCOCCOCCOCCOCCOCCOCCOCCOCCOCCOCCOC(C)=O. The maximum Gasteiger partial charge on any atom is 0.302 e. The number of rotatable bonds is 40. The van der Waals surface area contributed by atoms with Gasteiger partial charge < -0.3 is 61.6 Å². The molecule has 0 spiro atoms. The minimum absolute atomic E-state index is 0.258. The van der Waals surface area contributed by atoms with Crippen molar-refractivity contribution >= 4 is 5.97 Å². The van der Waals surface area contributed by atoms with Crippen molar-refractivity contribution in [3.8, 4) is 0 Å². The fourth-order valence-electron chi connectivity index (χ4n) is 3.22. The van der Waals surface area contributed by atoms with E-state index in [0.717, 1.165) is 13.0 Å². The number of esters is 1. The molecule has 0 aromatic heterocycles. The normalized spacial score (nSPS) is 11.4. The molecule has 0 radical (unpaired) electrons. The highest BCUT2D eigenvalue weighted by atomic mass is 16.6. The van der Waals surface area contributed by atoms with E-state index in [-0.39, 0.29) is 12.6 Å². The third-order valence-corrected chi connectivity index (χ3v) is 5.52. The highest BCUT2D eigenvalue weighted by Crippen LogP contribution is 1.94. The van der Waals surface area contributed by atoms with Crippen molar-refractivity contribution < 1.29 is 66.4 Å². The van der Waals surface area contributed by atoms with E-state index in [4.69, 9.17) is 61.6 Å². The Kier molecular flexibility index (Phi) is 40.1. The van der Waals surface area contributed by atoms with Crippen molar-refractivity contribution in [2.24, 2.45) is 0 Å². The van der Waals surface area contributed by atoms with Gasteiger partial charge in [0.2, 0.25) is 0 Å². The lowest BCUT2D eigenvalue weighted by atomic mass is 10.3. The van der Waals surface area contributed by atoms with Crippen LogP contribution < -0.4 is 0 Å². The van der Waals surface area contributed by atoms with Crippen LogP contribution in [-0.2, 0) is 66.4 Å². The first-order chi connectivity index (χ1) is 22.3. The number of hydrogen-bond acceptors (Lipinski definition) is 14. The van der Waals surface area contributed by atoms with Gasteiger partial charge in [-0.2, -0.15) is 0 Å². The molecule has 0 unspecified atom stereocenters. The Morgan fingerprint density at radius 2 is 0.511 bits per heavy atom. The highest BCUT2D eigenvalue weighted by molar-refractivity contribution is 5.65. The quantitative estimate of drug-likeness (QED) is 0.0700. The van der Waals surface area contributed by atoms with Gasteiger partial charge in [-0.05, 0) is 6.42 Å². The molecule has 14 nitrogen and oxygen atoms in total. The molecule has 45 heavy (non-hydrogen) atoms. The Balaban J connectivity index is 3.04. The average molecular weight is 659 g/mol. The van der Waals surface area contributed by atoms with Crippen LogP contribution in [-0.4, -0.2) is 171 Å². The molecule has 0 aliphatic heterocycles. The summed E-state index contributed by atoms with van der Waals surface area (Å²) in [5.41, 5.74) is 0. The third kappa shape index (κ3) is 43.0. The predicted molar refractivity (Wildman–Crippen MR) is 166 cm³/mol. The number of unbranched alkanes of at least 4 members (excludes halogenated alkanes) is 2. The second-order valence-corrected chi connectivity index (χ2v) is 9.40. The average Bonchev–Trinajstić information content (AvgIpc) is 3.03. The van der Waals surface area contributed by atoms with Crippen LogP contribution in [0.5, 0.6) is 0 Å². The fraction of sp³-hybridized carbons (Fsp3) is 0.968. The van der Waals surface area contributed by atoms with Crippen molar-refractivity contribution in [1.82, 2.24) is 0 Å². The van der Waals surface area contributed by atoms with Crippen molar-refractivity contribution in [1.29, 1.82) is 0 Å². The van der Waals surface area contributed by atoms with E-state index in [1.54, 1.807) is 0 Å². The zero-order valence-corrected chi connectivity index (χ0v) is 28.0. The molecule has 0 atom stereocenters. The van der Waals surface area contributed by atoms with Gasteiger partial charge in [0.15, 0.2) is 0 Å². The summed E-state index contributed by atoms with van der Waals surface area (Å²) in [4.78, 5) is 10.6. The van der Waals surface area contributed by atoms with Crippen LogP contribution in [0.2, 0.25) is 0 Å². The molecule has 0 aromatic carbocycles. The summed E-state index contributed by atoms with van der Waals surface area (Å²) >= 11 is 0. The maximum absolute atomic E-state index is 10.6. The van der Waals surface area contributed by atoms with Crippen molar-refractivity contribution in [3.05, 3.63) is 0 Å². The molecule has 0 aliphatic rings. The van der Waals surface area contributed by atoms with E-state index in [1.165, 1.54) is 19.8 Å². The Morgan fingerprint density at radius 1 is 0.311 bits per heavy atom. The molecule has 0 saturated heterocycles. The van der Waals surface area contributed by atoms with Gasteiger partial charge in [0, 0.05) is 13.5 Å². The lowest BCUT2D eigenvalue weighted by Crippen LogP contribution is -2.15. The molecule has 0 aliphatic carbocycles. The maximum atomic E-state index is 10.6. The van der Waals surface area contributed by atoms with Gasteiger partial charge in [-0.15, -0.1) is 0 Å². The molecule has 0 fully saturated rings. The van der Waals surface area contributed by atoms with Crippen molar-refractivity contribution in [3.63, 3.8) is 0 Å². The van der Waals surface area contributed by atoms with Gasteiger partial charge in [0.25, 0.3) is 0 Å². The van der Waals surface area contributed by atoms with Crippen molar-refractivity contribution in [2.45, 2.75) is 33.1 Å². The summed E-state index contributed by atoms with van der Waals surface area (Å²) < 4.78 is 70.0. The second-order valence-electron chi connectivity index (χ2n) is 9.40. The summed E-state index contributed by atoms with van der Waals surface area (Å²) in [7, 11) is 0. The highest BCUT2D eigenvalue weighted by Gasteiger charge is 1.97. The van der Waals surface area contributed by atoms with E-state index >= 15 is 0 Å². The zero-order chi connectivity index (χ0) is 32.6. The molecular weight excluding hydrogens is 596 g/mol. The van der Waals surface area contributed by atoms with Crippen LogP contribution in [0.15, 0.2) is 0 Å². The molecule has 0 bridgehead atoms. The van der Waals surface area contributed by atoms with E-state index in [2.05, 4.69) is 6.92 Å². The van der Waals surface area contributed by atoms with E-state index in [9.17, 15) is 4.79 Å². The first-order valence-electron chi connectivity index (χ1n) is 16.3. The molecule has 0 amide bonds. The lowest BCUT2D eigenvalue weighted by molar-refractivity contribution is -0.142. The minimum atomic E-state index is -0.311. The molecule has 14 heteroatoms. The topological polar surface area (TPSA) is 137 Å². The van der Waals surface area contributed by atoms with Crippen LogP contribution in [0.3, 0.4) is 0 Å². The Labute approximate surface area is 270 Å². The van der Waals surface area contributed by atoms with Crippen LogP contribution >= 0.6 is 0 Å². The largest absolute Gasteiger partial charge is 0.463 e. The number of carbonyl (C=O) groups excluding carboxylic acids is 1. The molecular formula is C31H62O14. The van der Waals surface area contributed by atoms with Gasteiger partial charge in [0.1, 0.15) is 6.61 Å². The first kappa shape index (κ1) is 44.0. The molecule has 0 heterocycles. The van der Waals surface area contributed by atoms with E-state index in [0.29, 0.717) is 152 Å². The first-order valence-corrected chi connectivity index (χ1v) is 16.3. The molecule has 0 N–H and O–H groups in total. The Hall–Kier alpha value is -1.01. The number of hydrogen-bond donors (Lipinski definition) is 0. The summed E-state index contributed by atoms with van der Waals surface area (Å²) in [5.74, 6) is -0.311. The lowest BCUT2D eigenvalue weighted by Gasteiger charge is -2.09. The van der Waals surface area contributed by atoms with E-state index < -0.39 is 0 Å². The standard InChI is InChI=1S/C31H62O14/c1-3-4-5-6-33-7-8-34-9-10-35-11-12-36-13-14-37-15-16-38-17-18-39-19-20-40-21-22-41-23-24-42-25-26-43-27-28-44-29-30-45-31(2)32/h3-30H2,1-2H3. The summed E-state index contributed by atoms with van der Waals surface area (Å²) in [6.07, 6.45) is 3.54. The zero-order valence-electron chi connectivity index (χ0n) is 28.0.